The molecule has 0 aliphatic carbocycles. The number of carbonyl (C=O) groups is 1. The van der Waals surface area contributed by atoms with E-state index < -0.39 is 0 Å². The number of rotatable bonds is 6. The molecule has 0 bridgehead atoms. The van der Waals surface area contributed by atoms with Crippen molar-refractivity contribution in [2.24, 2.45) is 0 Å². The summed E-state index contributed by atoms with van der Waals surface area (Å²) in [6.45, 7) is 3.59. The van der Waals surface area contributed by atoms with Gasteiger partial charge in [-0.05, 0) is 19.1 Å². The van der Waals surface area contributed by atoms with Gasteiger partial charge < -0.3 is 19.3 Å². The lowest BCUT2D eigenvalue weighted by atomic mass is 10.2. The number of pyridine rings is 1. The second-order valence-corrected chi connectivity index (χ2v) is 6.22. The lowest BCUT2D eigenvalue weighted by molar-refractivity contribution is 0.0770. The summed E-state index contributed by atoms with van der Waals surface area (Å²) >= 11 is 0. The summed E-state index contributed by atoms with van der Waals surface area (Å²) < 4.78 is 11.2. The van der Waals surface area contributed by atoms with Crippen molar-refractivity contribution in [2.75, 3.05) is 38.7 Å². The van der Waals surface area contributed by atoms with Crippen molar-refractivity contribution in [1.29, 1.82) is 0 Å². The van der Waals surface area contributed by atoms with Crippen LogP contribution < -0.4 is 14.4 Å². The molecule has 3 heterocycles. The van der Waals surface area contributed by atoms with Crippen LogP contribution in [0.15, 0.2) is 30.5 Å². The lowest BCUT2D eigenvalue weighted by Crippen LogP contribution is -2.31. The van der Waals surface area contributed by atoms with E-state index in [0.717, 1.165) is 12.2 Å². The van der Waals surface area contributed by atoms with Crippen LogP contribution in [-0.2, 0) is 0 Å². The number of nitrogens with zero attached hydrogens (tertiary/aromatic N) is 5. The number of likely N-dealkylation sites (tertiary alicyclic amines) is 1. The van der Waals surface area contributed by atoms with Crippen molar-refractivity contribution in [2.45, 2.75) is 19.4 Å². The normalized spacial score (nSPS) is 16.4. The Hall–Kier alpha value is -2.90. The molecule has 0 N–H and O–H groups in total. The molecule has 1 atom stereocenters. The van der Waals surface area contributed by atoms with Crippen LogP contribution in [0.25, 0.3) is 0 Å². The number of hydrogen-bond donors (Lipinski definition) is 0. The molecule has 1 amide bonds. The number of ether oxygens (including phenoxy) is 2. The predicted molar refractivity (Wildman–Crippen MR) is 96.7 cm³/mol. The maximum Gasteiger partial charge on any atom is 0.255 e. The van der Waals surface area contributed by atoms with Crippen molar-refractivity contribution < 1.29 is 14.3 Å². The fourth-order valence-corrected chi connectivity index (χ4v) is 2.72. The van der Waals surface area contributed by atoms with Crippen molar-refractivity contribution in [3.63, 3.8) is 0 Å². The van der Waals surface area contributed by atoms with E-state index in [2.05, 4.69) is 15.2 Å². The van der Waals surface area contributed by atoms with Gasteiger partial charge in [0.2, 0.25) is 11.8 Å². The van der Waals surface area contributed by atoms with Crippen LogP contribution in [0.2, 0.25) is 0 Å². The smallest absolute Gasteiger partial charge is 0.255 e. The first-order chi connectivity index (χ1) is 12.6. The Balaban J connectivity index is 1.56. The molecular weight excluding hydrogens is 334 g/mol. The average molecular weight is 357 g/mol. The van der Waals surface area contributed by atoms with E-state index in [-0.39, 0.29) is 12.0 Å². The van der Waals surface area contributed by atoms with Crippen LogP contribution in [0.4, 0.5) is 5.82 Å². The molecule has 1 fully saturated rings. The molecule has 1 aliphatic rings. The second-order valence-electron chi connectivity index (χ2n) is 6.22. The summed E-state index contributed by atoms with van der Waals surface area (Å²) in [7, 11) is 3.81. The molecule has 8 nitrogen and oxygen atoms in total. The summed E-state index contributed by atoms with van der Waals surface area (Å²) in [6, 6.07) is 7.09. The Kier molecular flexibility index (Phi) is 5.50. The molecule has 0 radical (unpaired) electrons. The summed E-state index contributed by atoms with van der Waals surface area (Å²) in [5, 5.41) is 8.17. The van der Waals surface area contributed by atoms with Gasteiger partial charge in [-0.2, -0.15) is 0 Å². The lowest BCUT2D eigenvalue weighted by Gasteiger charge is -2.17. The fraction of sp³-hybridized carbons (Fsp3) is 0.444. The van der Waals surface area contributed by atoms with Crippen molar-refractivity contribution in [3.8, 4) is 11.8 Å². The number of anilines is 1. The Morgan fingerprint density at radius 2 is 2.04 bits per heavy atom. The van der Waals surface area contributed by atoms with Crippen LogP contribution in [-0.4, -0.2) is 65.9 Å². The molecule has 2 aromatic rings. The predicted octanol–water partition coefficient (Wildman–Crippen LogP) is 1.63. The zero-order valence-electron chi connectivity index (χ0n) is 15.3. The molecule has 2 aromatic heterocycles. The molecule has 26 heavy (non-hydrogen) atoms. The Bertz CT molecular complexity index is 733. The zero-order chi connectivity index (χ0) is 18.5. The Morgan fingerprint density at radius 3 is 2.65 bits per heavy atom. The third-order valence-electron chi connectivity index (χ3n) is 4.08. The van der Waals surface area contributed by atoms with Crippen LogP contribution in [0.1, 0.15) is 23.7 Å². The van der Waals surface area contributed by atoms with Gasteiger partial charge in [-0.25, -0.2) is 4.98 Å². The molecule has 3 rings (SSSR count). The van der Waals surface area contributed by atoms with Gasteiger partial charge in [0, 0.05) is 45.4 Å². The van der Waals surface area contributed by atoms with Crippen LogP contribution in [0, 0.1) is 0 Å². The van der Waals surface area contributed by atoms with E-state index in [9.17, 15) is 4.79 Å². The molecule has 0 spiro atoms. The molecular formula is C18H23N5O3. The van der Waals surface area contributed by atoms with Gasteiger partial charge in [0.1, 0.15) is 6.10 Å². The minimum absolute atomic E-state index is 0.0549. The van der Waals surface area contributed by atoms with Crippen LogP contribution in [0.3, 0.4) is 0 Å². The van der Waals surface area contributed by atoms with Gasteiger partial charge in [-0.3, -0.25) is 4.79 Å². The standard InChI is InChI=1S/C18H23N5O3/c1-4-25-16-7-5-13(11-19-16)18(24)23-10-9-14(12-23)26-17-8-6-15(20-21-17)22(2)3/h5-8,11,14H,4,9-10,12H2,1-3H3/t14-/m1/s1. The van der Waals surface area contributed by atoms with E-state index in [1.54, 1.807) is 29.3 Å². The summed E-state index contributed by atoms with van der Waals surface area (Å²) in [5.41, 5.74) is 0.546. The maximum atomic E-state index is 12.6. The van der Waals surface area contributed by atoms with Crippen LogP contribution >= 0.6 is 0 Å². The third kappa shape index (κ3) is 4.19. The molecule has 0 unspecified atom stereocenters. The Morgan fingerprint density at radius 1 is 1.23 bits per heavy atom. The largest absolute Gasteiger partial charge is 0.478 e. The van der Waals surface area contributed by atoms with Crippen molar-refractivity contribution in [3.05, 3.63) is 36.0 Å². The summed E-state index contributed by atoms with van der Waals surface area (Å²) in [4.78, 5) is 20.4. The van der Waals surface area contributed by atoms with Gasteiger partial charge in [0.25, 0.3) is 5.91 Å². The minimum Gasteiger partial charge on any atom is -0.478 e. The number of hydrogen-bond acceptors (Lipinski definition) is 7. The monoisotopic (exact) mass is 357 g/mol. The molecule has 1 aliphatic heterocycles. The molecule has 8 heteroatoms. The van der Waals surface area contributed by atoms with Gasteiger partial charge in [0.05, 0.1) is 18.7 Å². The van der Waals surface area contributed by atoms with E-state index in [0.29, 0.717) is 37.0 Å². The number of amides is 1. The van der Waals surface area contributed by atoms with Crippen molar-refractivity contribution >= 4 is 11.7 Å². The van der Waals surface area contributed by atoms with Gasteiger partial charge >= 0.3 is 0 Å². The summed E-state index contributed by atoms with van der Waals surface area (Å²) in [6.07, 6.45) is 2.22. The highest BCUT2D eigenvalue weighted by Crippen LogP contribution is 2.19. The van der Waals surface area contributed by atoms with E-state index in [1.807, 2.05) is 32.0 Å². The number of carbonyl (C=O) groups excluding carboxylic acids is 1. The molecule has 0 saturated carbocycles. The first-order valence-electron chi connectivity index (χ1n) is 8.62. The molecule has 1 saturated heterocycles. The topological polar surface area (TPSA) is 80.7 Å². The van der Waals surface area contributed by atoms with Crippen molar-refractivity contribution in [1.82, 2.24) is 20.1 Å². The van der Waals surface area contributed by atoms with Gasteiger partial charge in [0.15, 0.2) is 5.82 Å². The van der Waals surface area contributed by atoms with E-state index in [4.69, 9.17) is 9.47 Å². The Labute approximate surface area is 152 Å². The minimum atomic E-state index is -0.0888. The highest BCUT2D eigenvalue weighted by atomic mass is 16.5. The zero-order valence-corrected chi connectivity index (χ0v) is 15.3. The van der Waals surface area contributed by atoms with Gasteiger partial charge in [-0.15, -0.1) is 10.2 Å². The summed E-state index contributed by atoms with van der Waals surface area (Å²) in [5.74, 6) is 1.70. The highest BCUT2D eigenvalue weighted by Gasteiger charge is 2.28. The van der Waals surface area contributed by atoms with E-state index in [1.165, 1.54) is 0 Å². The maximum absolute atomic E-state index is 12.6. The first-order valence-corrected chi connectivity index (χ1v) is 8.62. The molecule has 0 aromatic carbocycles. The average Bonchev–Trinajstić information content (AvgIpc) is 3.11. The first kappa shape index (κ1) is 17.9. The second kappa shape index (κ2) is 7.99. The quantitative estimate of drug-likeness (QED) is 0.777. The molecule has 138 valence electrons. The number of aromatic nitrogens is 3. The van der Waals surface area contributed by atoms with Gasteiger partial charge in [-0.1, -0.05) is 0 Å². The SMILES string of the molecule is CCOc1ccc(C(=O)N2CC[C@@H](Oc3ccc(N(C)C)nn3)C2)cn1. The fourth-order valence-electron chi connectivity index (χ4n) is 2.72. The van der Waals surface area contributed by atoms with Crippen LogP contribution in [0.5, 0.6) is 11.8 Å². The third-order valence-corrected chi connectivity index (χ3v) is 4.08. The van der Waals surface area contributed by atoms with E-state index >= 15 is 0 Å². The highest BCUT2D eigenvalue weighted by molar-refractivity contribution is 5.94.